The van der Waals surface area contributed by atoms with Crippen LogP contribution in [-0.2, 0) is 9.53 Å². The highest BCUT2D eigenvalue weighted by molar-refractivity contribution is 6.20. The third-order valence-electron chi connectivity index (χ3n) is 3.49. The first-order valence-electron chi connectivity index (χ1n) is 7.26. The number of hydrogen-bond acceptors (Lipinski definition) is 2. The van der Waals surface area contributed by atoms with Crippen molar-refractivity contribution in [1.29, 1.82) is 0 Å². The Bertz CT molecular complexity index is 284. The van der Waals surface area contributed by atoms with Crippen molar-refractivity contribution >= 4 is 17.6 Å². The van der Waals surface area contributed by atoms with Gasteiger partial charge in [0.2, 0.25) is 0 Å². The quantitative estimate of drug-likeness (QED) is 0.341. The zero-order valence-corrected chi connectivity index (χ0v) is 13.8. The molecule has 112 valence electrons. The van der Waals surface area contributed by atoms with Gasteiger partial charge < -0.3 is 4.74 Å². The molecule has 0 N–H and O–H groups in total. The molecule has 0 aromatic carbocycles. The number of esters is 1. The molecule has 0 rings (SSSR count). The van der Waals surface area contributed by atoms with Gasteiger partial charge in [0.25, 0.3) is 0 Å². The number of halogens is 1. The Morgan fingerprint density at radius 2 is 1.84 bits per heavy atom. The summed E-state index contributed by atoms with van der Waals surface area (Å²) in [4.78, 5) is 11.0. The van der Waals surface area contributed by atoms with E-state index >= 15 is 0 Å². The average Bonchev–Trinajstić information content (AvgIpc) is 2.35. The molecule has 0 aromatic rings. The van der Waals surface area contributed by atoms with E-state index in [4.69, 9.17) is 11.6 Å². The molecule has 2 nitrogen and oxygen atoms in total. The predicted molar refractivity (Wildman–Crippen MR) is 82.5 cm³/mol. The van der Waals surface area contributed by atoms with Gasteiger partial charge in [0.05, 0.1) is 7.11 Å². The van der Waals surface area contributed by atoms with Crippen LogP contribution >= 0.6 is 11.6 Å². The van der Waals surface area contributed by atoms with Crippen molar-refractivity contribution in [2.24, 2.45) is 11.8 Å². The number of alkyl halides is 1. The van der Waals surface area contributed by atoms with Crippen molar-refractivity contribution in [2.45, 2.75) is 65.2 Å². The highest BCUT2D eigenvalue weighted by atomic mass is 35.5. The molecular formula is C16H29ClO2. The van der Waals surface area contributed by atoms with Gasteiger partial charge in [-0.1, -0.05) is 32.8 Å². The molecule has 0 heterocycles. The van der Waals surface area contributed by atoms with Crippen molar-refractivity contribution in [3.05, 3.63) is 11.6 Å². The summed E-state index contributed by atoms with van der Waals surface area (Å²) in [5, 5.41) is 0.295. The third-order valence-corrected chi connectivity index (χ3v) is 4.21. The third kappa shape index (κ3) is 10.0. The van der Waals surface area contributed by atoms with Crippen LogP contribution in [0.4, 0.5) is 0 Å². The van der Waals surface area contributed by atoms with E-state index in [1.165, 1.54) is 20.0 Å². The molecular weight excluding hydrogens is 260 g/mol. The van der Waals surface area contributed by atoms with Crippen molar-refractivity contribution in [1.82, 2.24) is 0 Å². The monoisotopic (exact) mass is 288 g/mol. The Labute approximate surface area is 123 Å². The Hall–Kier alpha value is -0.500. The van der Waals surface area contributed by atoms with E-state index in [1.54, 1.807) is 6.08 Å². The second kappa shape index (κ2) is 10.3. The van der Waals surface area contributed by atoms with Crippen LogP contribution in [0.25, 0.3) is 0 Å². The van der Waals surface area contributed by atoms with Crippen LogP contribution in [0.1, 0.15) is 59.8 Å². The lowest BCUT2D eigenvalue weighted by molar-refractivity contribution is -0.134. The summed E-state index contributed by atoms with van der Waals surface area (Å²) >= 11 is 6.26. The van der Waals surface area contributed by atoms with Gasteiger partial charge in [0, 0.05) is 11.5 Å². The minimum Gasteiger partial charge on any atom is -0.466 e. The predicted octanol–water partition coefficient (Wildman–Crippen LogP) is 4.96. The summed E-state index contributed by atoms with van der Waals surface area (Å²) in [6.07, 6.45) is 7.14. The number of rotatable bonds is 9. The topological polar surface area (TPSA) is 26.3 Å². The van der Waals surface area contributed by atoms with E-state index in [-0.39, 0.29) is 5.97 Å². The zero-order chi connectivity index (χ0) is 14.8. The van der Waals surface area contributed by atoms with E-state index in [2.05, 4.69) is 25.5 Å². The van der Waals surface area contributed by atoms with Crippen molar-refractivity contribution < 1.29 is 9.53 Å². The number of methoxy groups -OCH3 is 1. The van der Waals surface area contributed by atoms with Gasteiger partial charge in [-0.2, -0.15) is 0 Å². The van der Waals surface area contributed by atoms with Gasteiger partial charge in [-0.25, -0.2) is 4.79 Å². The van der Waals surface area contributed by atoms with Crippen LogP contribution in [0.5, 0.6) is 0 Å². The van der Waals surface area contributed by atoms with Gasteiger partial charge >= 0.3 is 5.97 Å². The van der Waals surface area contributed by atoms with Gasteiger partial charge in [0.15, 0.2) is 0 Å². The molecule has 0 saturated carbocycles. The summed E-state index contributed by atoms with van der Waals surface area (Å²) in [7, 11) is 1.41. The Balaban J connectivity index is 3.77. The summed E-state index contributed by atoms with van der Waals surface area (Å²) in [6.45, 7) is 8.60. The van der Waals surface area contributed by atoms with Gasteiger partial charge in [-0.15, -0.1) is 11.6 Å². The first-order valence-corrected chi connectivity index (χ1v) is 7.69. The number of hydrogen-bond donors (Lipinski definition) is 0. The van der Waals surface area contributed by atoms with Gasteiger partial charge in [-0.05, 0) is 44.4 Å². The SMILES string of the molecule is COC(=O)C=C(C)CCCC(C)CCC(Cl)C(C)C. The summed E-state index contributed by atoms with van der Waals surface area (Å²) in [5.74, 6) is 0.998. The minimum absolute atomic E-state index is 0.257. The largest absolute Gasteiger partial charge is 0.466 e. The molecule has 0 aliphatic carbocycles. The molecule has 0 aliphatic rings. The molecule has 0 bridgehead atoms. The Kier molecular flexibility index (Phi) is 10.0. The lowest BCUT2D eigenvalue weighted by Crippen LogP contribution is -2.09. The first kappa shape index (κ1) is 18.5. The maximum Gasteiger partial charge on any atom is 0.330 e. The molecule has 0 fully saturated rings. The molecule has 0 radical (unpaired) electrons. The second-order valence-corrected chi connectivity index (χ2v) is 6.41. The highest BCUT2D eigenvalue weighted by Crippen LogP contribution is 2.22. The zero-order valence-electron chi connectivity index (χ0n) is 13.0. The van der Waals surface area contributed by atoms with Crippen LogP contribution in [0.2, 0.25) is 0 Å². The van der Waals surface area contributed by atoms with E-state index in [0.717, 1.165) is 24.8 Å². The van der Waals surface area contributed by atoms with Crippen LogP contribution < -0.4 is 0 Å². The van der Waals surface area contributed by atoms with Crippen molar-refractivity contribution in [3.8, 4) is 0 Å². The standard InChI is InChI=1S/C16H29ClO2/c1-12(2)15(17)10-9-13(3)7-6-8-14(4)11-16(18)19-5/h11-13,15H,6-10H2,1-5H3. The summed E-state index contributed by atoms with van der Waals surface area (Å²) in [6, 6.07) is 0. The van der Waals surface area contributed by atoms with Crippen LogP contribution in [0, 0.1) is 11.8 Å². The maximum absolute atomic E-state index is 11.0. The molecule has 2 atom stereocenters. The first-order chi connectivity index (χ1) is 8.86. The fourth-order valence-electron chi connectivity index (χ4n) is 1.98. The number of carbonyl (C=O) groups is 1. The van der Waals surface area contributed by atoms with Gasteiger partial charge in [-0.3, -0.25) is 0 Å². The lowest BCUT2D eigenvalue weighted by Gasteiger charge is -2.16. The fourth-order valence-corrected chi connectivity index (χ4v) is 2.11. The Morgan fingerprint density at radius 3 is 2.37 bits per heavy atom. The minimum atomic E-state index is -0.257. The molecule has 0 amide bonds. The van der Waals surface area contributed by atoms with Crippen molar-refractivity contribution in [2.75, 3.05) is 7.11 Å². The van der Waals surface area contributed by atoms with E-state index < -0.39 is 0 Å². The van der Waals surface area contributed by atoms with Crippen molar-refractivity contribution in [3.63, 3.8) is 0 Å². The van der Waals surface area contributed by atoms with Gasteiger partial charge in [0.1, 0.15) is 0 Å². The van der Waals surface area contributed by atoms with E-state index in [1.807, 2.05) is 6.92 Å². The molecule has 19 heavy (non-hydrogen) atoms. The summed E-state index contributed by atoms with van der Waals surface area (Å²) < 4.78 is 4.61. The number of allylic oxidation sites excluding steroid dienone is 1. The second-order valence-electron chi connectivity index (χ2n) is 5.85. The smallest absolute Gasteiger partial charge is 0.330 e. The van der Waals surface area contributed by atoms with E-state index in [0.29, 0.717) is 17.2 Å². The van der Waals surface area contributed by atoms with Crippen LogP contribution in [0.15, 0.2) is 11.6 Å². The van der Waals surface area contributed by atoms with Crippen LogP contribution in [-0.4, -0.2) is 18.5 Å². The molecule has 3 heteroatoms. The number of ether oxygens (including phenoxy) is 1. The average molecular weight is 289 g/mol. The number of carbonyl (C=O) groups excluding carboxylic acids is 1. The molecule has 0 aliphatic heterocycles. The molecule has 0 aromatic heterocycles. The Morgan fingerprint density at radius 1 is 1.21 bits per heavy atom. The van der Waals surface area contributed by atoms with E-state index in [9.17, 15) is 4.79 Å². The molecule has 2 unspecified atom stereocenters. The lowest BCUT2D eigenvalue weighted by atomic mass is 9.94. The van der Waals surface area contributed by atoms with Crippen LogP contribution in [0.3, 0.4) is 0 Å². The molecule has 0 spiro atoms. The fraction of sp³-hybridized carbons (Fsp3) is 0.812. The summed E-state index contributed by atoms with van der Waals surface area (Å²) in [5.41, 5.74) is 1.09. The normalized spacial score (nSPS) is 15.4. The highest BCUT2D eigenvalue weighted by Gasteiger charge is 2.11. The maximum atomic E-state index is 11.0. The molecule has 0 saturated heterocycles.